The molecule has 0 aliphatic carbocycles. The van der Waals surface area contributed by atoms with Crippen LogP contribution in [0.3, 0.4) is 0 Å². The zero-order valence-electron chi connectivity index (χ0n) is 5.38. The molecule has 2 nitrogen and oxygen atoms in total. The summed E-state index contributed by atoms with van der Waals surface area (Å²) in [4.78, 5) is 3.81. The van der Waals surface area contributed by atoms with Crippen molar-refractivity contribution in [1.29, 1.82) is 0 Å². The molecular formula is C7H7ClNO. The zero-order valence-corrected chi connectivity index (χ0v) is 6.14. The highest BCUT2D eigenvalue weighted by molar-refractivity contribution is 6.29. The molecular weight excluding hydrogens is 150 g/mol. The van der Waals surface area contributed by atoms with E-state index in [9.17, 15) is 0 Å². The maximum Gasteiger partial charge on any atom is 0.137 e. The molecule has 0 aromatic carbocycles. The summed E-state index contributed by atoms with van der Waals surface area (Å²) in [6.45, 7) is 3.93. The lowest BCUT2D eigenvalue weighted by Crippen LogP contribution is -1.91. The predicted octanol–water partition coefficient (Wildman–Crippen LogP) is 1.95. The minimum Gasteiger partial charge on any atom is -0.492 e. The van der Waals surface area contributed by atoms with Crippen molar-refractivity contribution in [2.45, 2.75) is 0 Å². The molecule has 1 aromatic rings. The van der Waals surface area contributed by atoms with Gasteiger partial charge >= 0.3 is 0 Å². The van der Waals surface area contributed by atoms with Gasteiger partial charge in [-0.3, -0.25) is 0 Å². The molecule has 53 valence electrons. The maximum atomic E-state index is 5.53. The van der Waals surface area contributed by atoms with Crippen LogP contribution < -0.4 is 4.74 Å². The van der Waals surface area contributed by atoms with Crippen molar-refractivity contribution in [3.05, 3.63) is 30.4 Å². The van der Waals surface area contributed by atoms with Gasteiger partial charge in [0.15, 0.2) is 0 Å². The van der Waals surface area contributed by atoms with Crippen LogP contribution in [0.25, 0.3) is 0 Å². The molecule has 0 fully saturated rings. The first-order chi connectivity index (χ1) is 4.83. The van der Waals surface area contributed by atoms with Gasteiger partial charge in [0.2, 0.25) is 0 Å². The molecule has 0 bridgehead atoms. The molecule has 1 heterocycles. The standard InChI is InChI=1S/C7H7ClNO/c1-2-10-6-3-4-7(8)9-5-6/h3-5H,1-2H2. The molecule has 0 aliphatic heterocycles. The van der Waals surface area contributed by atoms with Crippen molar-refractivity contribution < 1.29 is 4.74 Å². The fourth-order valence-corrected chi connectivity index (χ4v) is 0.677. The molecule has 0 spiro atoms. The first kappa shape index (κ1) is 7.35. The second kappa shape index (κ2) is 3.42. The Hall–Kier alpha value is -0.760. The van der Waals surface area contributed by atoms with E-state index >= 15 is 0 Å². The molecule has 10 heavy (non-hydrogen) atoms. The predicted molar refractivity (Wildman–Crippen MR) is 40.1 cm³/mol. The molecule has 0 N–H and O–H groups in total. The van der Waals surface area contributed by atoms with E-state index in [1.54, 1.807) is 18.3 Å². The molecule has 0 atom stereocenters. The molecule has 0 unspecified atom stereocenters. The van der Waals surface area contributed by atoms with Gasteiger partial charge in [-0.05, 0) is 19.1 Å². The number of hydrogen-bond acceptors (Lipinski definition) is 2. The Kier molecular flexibility index (Phi) is 2.51. The van der Waals surface area contributed by atoms with Crippen molar-refractivity contribution in [2.24, 2.45) is 0 Å². The third-order valence-electron chi connectivity index (χ3n) is 0.969. The van der Waals surface area contributed by atoms with Gasteiger partial charge in [-0.2, -0.15) is 0 Å². The van der Waals surface area contributed by atoms with Gasteiger partial charge in [0.1, 0.15) is 10.9 Å². The Labute approximate surface area is 64.8 Å². The molecule has 0 saturated heterocycles. The third-order valence-corrected chi connectivity index (χ3v) is 1.19. The smallest absolute Gasteiger partial charge is 0.137 e. The zero-order chi connectivity index (χ0) is 7.40. The highest BCUT2D eigenvalue weighted by atomic mass is 35.5. The topological polar surface area (TPSA) is 22.1 Å². The fourth-order valence-electron chi connectivity index (χ4n) is 0.565. The van der Waals surface area contributed by atoms with E-state index in [1.165, 1.54) is 0 Å². The summed E-state index contributed by atoms with van der Waals surface area (Å²) in [6, 6.07) is 3.42. The minimum atomic E-state index is 0.406. The minimum absolute atomic E-state index is 0.406. The molecule has 0 saturated carbocycles. The van der Waals surface area contributed by atoms with Gasteiger partial charge in [0, 0.05) is 0 Å². The lowest BCUT2D eigenvalue weighted by atomic mass is 10.5. The van der Waals surface area contributed by atoms with E-state index in [0.29, 0.717) is 17.5 Å². The van der Waals surface area contributed by atoms with Crippen molar-refractivity contribution in [3.8, 4) is 5.75 Å². The largest absolute Gasteiger partial charge is 0.492 e. The Bertz CT molecular complexity index is 197. The highest BCUT2D eigenvalue weighted by Gasteiger charge is 1.90. The fraction of sp³-hybridized carbons (Fsp3) is 0.143. The van der Waals surface area contributed by atoms with Crippen molar-refractivity contribution >= 4 is 11.6 Å². The van der Waals surface area contributed by atoms with Crippen LogP contribution >= 0.6 is 11.6 Å². The van der Waals surface area contributed by atoms with Crippen LogP contribution in [0.2, 0.25) is 5.15 Å². The molecule has 3 heteroatoms. The Balaban J connectivity index is 2.69. The van der Waals surface area contributed by atoms with Crippen LogP contribution in [0.15, 0.2) is 18.3 Å². The van der Waals surface area contributed by atoms with E-state index in [-0.39, 0.29) is 0 Å². The number of aromatic nitrogens is 1. The molecule has 1 radical (unpaired) electrons. The average Bonchev–Trinajstić information content (AvgIpc) is 1.95. The Morgan fingerprint density at radius 1 is 1.60 bits per heavy atom. The second-order valence-electron chi connectivity index (χ2n) is 1.67. The monoisotopic (exact) mass is 156 g/mol. The summed E-state index contributed by atoms with van der Waals surface area (Å²) >= 11 is 5.53. The summed E-state index contributed by atoms with van der Waals surface area (Å²) in [5.74, 6) is 0.694. The first-order valence-corrected chi connectivity index (χ1v) is 3.24. The summed E-state index contributed by atoms with van der Waals surface area (Å²) in [6.07, 6.45) is 1.56. The van der Waals surface area contributed by atoms with Crippen LogP contribution in [0, 0.1) is 6.92 Å². The maximum absolute atomic E-state index is 5.53. The van der Waals surface area contributed by atoms with Crippen LogP contribution in [0.4, 0.5) is 0 Å². The summed E-state index contributed by atoms with van der Waals surface area (Å²) in [7, 11) is 0. The van der Waals surface area contributed by atoms with Crippen LogP contribution in [-0.2, 0) is 0 Å². The average molecular weight is 157 g/mol. The third kappa shape index (κ3) is 1.88. The summed E-state index contributed by atoms with van der Waals surface area (Å²) in [5, 5.41) is 0.469. The SMILES string of the molecule is [CH2]COc1ccc(Cl)nc1. The van der Waals surface area contributed by atoms with Crippen molar-refractivity contribution in [3.63, 3.8) is 0 Å². The normalized spacial score (nSPS) is 9.40. The van der Waals surface area contributed by atoms with Crippen molar-refractivity contribution in [2.75, 3.05) is 6.61 Å². The number of rotatable bonds is 2. The highest BCUT2D eigenvalue weighted by Crippen LogP contribution is 2.11. The molecule has 0 amide bonds. The van der Waals surface area contributed by atoms with Crippen LogP contribution in [0.1, 0.15) is 0 Å². The lowest BCUT2D eigenvalue weighted by molar-refractivity contribution is 0.359. The molecule has 1 aromatic heterocycles. The number of ether oxygens (including phenoxy) is 1. The van der Waals surface area contributed by atoms with Gasteiger partial charge in [-0.25, -0.2) is 4.98 Å². The van der Waals surface area contributed by atoms with Crippen LogP contribution in [0.5, 0.6) is 5.75 Å². The lowest BCUT2D eigenvalue weighted by Gasteiger charge is -1.99. The quantitative estimate of drug-likeness (QED) is 0.611. The van der Waals surface area contributed by atoms with E-state index in [0.717, 1.165) is 0 Å². The summed E-state index contributed by atoms with van der Waals surface area (Å²) < 4.78 is 5.03. The Morgan fingerprint density at radius 3 is 2.90 bits per heavy atom. The number of nitrogens with zero attached hydrogens (tertiary/aromatic N) is 1. The van der Waals surface area contributed by atoms with E-state index in [2.05, 4.69) is 11.9 Å². The van der Waals surface area contributed by atoms with Crippen molar-refractivity contribution in [1.82, 2.24) is 4.98 Å². The van der Waals surface area contributed by atoms with Gasteiger partial charge in [0.05, 0.1) is 12.8 Å². The van der Waals surface area contributed by atoms with E-state index < -0.39 is 0 Å². The van der Waals surface area contributed by atoms with E-state index in [4.69, 9.17) is 16.3 Å². The molecule has 0 aliphatic rings. The number of hydrogen-bond donors (Lipinski definition) is 0. The van der Waals surface area contributed by atoms with Gasteiger partial charge in [-0.1, -0.05) is 11.6 Å². The first-order valence-electron chi connectivity index (χ1n) is 2.86. The van der Waals surface area contributed by atoms with Gasteiger partial charge in [0.25, 0.3) is 0 Å². The number of halogens is 1. The molecule has 1 rings (SSSR count). The Morgan fingerprint density at radius 2 is 2.40 bits per heavy atom. The second-order valence-corrected chi connectivity index (χ2v) is 2.05. The van der Waals surface area contributed by atoms with Crippen LogP contribution in [-0.4, -0.2) is 11.6 Å². The van der Waals surface area contributed by atoms with Gasteiger partial charge < -0.3 is 4.74 Å². The van der Waals surface area contributed by atoms with Gasteiger partial charge in [-0.15, -0.1) is 0 Å². The summed E-state index contributed by atoms with van der Waals surface area (Å²) in [5.41, 5.74) is 0. The number of pyridine rings is 1. The van der Waals surface area contributed by atoms with E-state index in [1.807, 2.05) is 0 Å².